The van der Waals surface area contributed by atoms with Gasteiger partial charge in [-0.25, -0.2) is 9.59 Å². The molecule has 8 heteroatoms. The monoisotopic (exact) mass is 483 g/mol. The molecule has 2 atom stereocenters. The fourth-order valence-electron chi connectivity index (χ4n) is 3.16. The zero-order valence-corrected chi connectivity index (χ0v) is 20.5. The molecule has 0 aliphatic carbocycles. The van der Waals surface area contributed by atoms with Crippen LogP contribution in [0.5, 0.6) is 11.5 Å². The third-order valence-electron chi connectivity index (χ3n) is 4.91. The summed E-state index contributed by atoms with van der Waals surface area (Å²) in [6.45, 7) is 5.86. The van der Waals surface area contributed by atoms with Gasteiger partial charge < -0.3 is 24.1 Å². The maximum Gasteiger partial charge on any atom is 0.412 e. The number of allylic oxidation sites excluding steroid dienone is 2. The molecular weight excluding hydrogens is 450 g/mol. The number of hydrogen-bond acceptors (Lipinski definition) is 7. The number of aliphatic hydroxyl groups is 1. The summed E-state index contributed by atoms with van der Waals surface area (Å²) >= 11 is 0. The highest BCUT2D eigenvalue weighted by Crippen LogP contribution is 2.30. The molecule has 8 nitrogen and oxygen atoms in total. The van der Waals surface area contributed by atoms with Crippen molar-refractivity contribution in [1.82, 2.24) is 0 Å². The van der Waals surface area contributed by atoms with E-state index in [1.165, 1.54) is 6.08 Å². The number of carbonyl (C=O) groups excluding carboxylic acids is 2. The second-order valence-corrected chi connectivity index (χ2v) is 7.68. The number of benzene rings is 2. The van der Waals surface area contributed by atoms with Crippen LogP contribution in [0.3, 0.4) is 0 Å². The number of amides is 1. The molecule has 0 spiro atoms. The van der Waals surface area contributed by atoms with Crippen LogP contribution in [0.2, 0.25) is 0 Å². The van der Waals surface area contributed by atoms with Crippen LogP contribution in [-0.4, -0.2) is 44.1 Å². The number of nitrogens with one attached hydrogen (secondary N) is 1. The molecule has 1 amide bonds. The molecule has 0 heterocycles. The Morgan fingerprint density at radius 2 is 1.71 bits per heavy atom. The van der Waals surface area contributed by atoms with Crippen molar-refractivity contribution < 1.29 is 33.6 Å². The van der Waals surface area contributed by atoms with E-state index in [0.717, 1.165) is 5.56 Å². The Morgan fingerprint density at radius 1 is 1.06 bits per heavy atom. The van der Waals surface area contributed by atoms with Crippen molar-refractivity contribution in [2.75, 3.05) is 32.2 Å². The molecule has 2 aromatic rings. The van der Waals surface area contributed by atoms with Crippen LogP contribution < -0.4 is 14.8 Å². The first-order chi connectivity index (χ1) is 16.9. The Hall–Kier alpha value is -3.78. The van der Waals surface area contributed by atoms with Gasteiger partial charge in [0, 0.05) is 17.7 Å². The van der Waals surface area contributed by atoms with Gasteiger partial charge in [0.2, 0.25) is 0 Å². The molecule has 0 unspecified atom stereocenters. The summed E-state index contributed by atoms with van der Waals surface area (Å²) in [6, 6.07) is 14.0. The van der Waals surface area contributed by atoms with Crippen molar-refractivity contribution in [3.8, 4) is 11.5 Å². The number of methoxy groups -OCH3 is 1. The van der Waals surface area contributed by atoms with Crippen molar-refractivity contribution in [3.05, 3.63) is 77.9 Å². The van der Waals surface area contributed by atoms with Gasteiger partial charge >= 0.3 is 12.1 Å². The van der Waals surface area contributed by atoms with Crippen LogP contribution in [0.15, 0.2) is 72.3 Å². The predicted molar refractivity (Wildman–Crippen MR) is 134 cm³/mol. The zero-order valence-electron chi connectivity index (χ0n) is 20.5. The molecule has 2 N–H and O–H groups in total. The highest BCUT2D eigenvalue weighted by Gasteiger charge is 2.22. The molecule has 0 saturated carbocycles. The smallest absolute Gasteiger partial charge is 0.412 e. The summed E-state index contributed by atoms with van der Waals surface area (Å²) in [6.07, 6.45) is 3.84. The highest BCUT2D eigenvalue weighted by atomic mass is 16.6. The Balaban J connectivity index is 2.19. The van der Waals surface area contributed by atoms with Crippen molar-refractivity contribution in [2.45, 2.75) is 26.9 Å². The maximum absolute atomic E-state index is 12.7. The Morgan fingerprint density at radius 3 is 2.31 bits per heavy atom. The minimum atomic E-state index is -0.619. The normalized spacial score (nSPS) is 13.1. The summed E-state index contributed by atoms with van der Waals surface area (Å²) in [5.41, 5.74) is 2.04. The average molecular weight is 484 g/mol. The average Bonchev–Trinajstić information content (AvgIpc) is 2.85. The summed E-state index contributed by atoms with van der Waals surface area (Å²) < 4.78 is 21.3. The van der Waals surface area contributed by atoms with Crippen LogP contribution in [0.4, 0.5) is 10.5 Å². The largest absolute Gasteiger partial charge is 0.497 e. The van der Waals surface area contributed by atoms with E-state index in [1.807, 2.05) is 25.1 Å². The molecule has 0 fully saturated rings. The highest BCUT2D eigenvalue weighted by molar-refractivity contribution is 5.85. The van der Waals surface area contributed by atoms with Gasteiger partial charge in [-0.05, 0) is 61.4 Å². The fourth-order valence-corrected chi connectivity index (χ4v) is 3.16. The second kappa shape index (κ2) is 14.5. The number of aliphatic hydroxyl groups excluding tert-OH is 1. The molecule has 0 saturated heterocycles. The number of hydrogen-bond donors (Lipinski definition) is 2. The van der Waals surface area contributed by atoms with E-state index in [9.17, 15) is 9.59 Å². The standard InChI is InChI=1S/C27H33NO7/c1-5-33-25(30)18-19(2)6-7-20(3)26(21-8-12-24(13-9-21)34-17-16-29)35-27(31)28-22-10-14-23(32-4)15-11-22/h6-15,18,20,26,29H,5,16-17H2,1-4H3,(H,28,31)/b7-6+,19-18+/t20-,26-/m1/s1. The molecule has 2 rings (SSSR count). The number of carbonyl (C=O) groups is 2. The Labute approximate surface area is 206 Å². The number of ether oxygens (including phenoxy) is 4. The number of esters is 1. The van der Waals surface area contributed by atoms with Gasteiger partial charge in [0.05, 0.1) is 20.3 Å². The molecule has 0 aliphatic rings. The van der Waals surface area contributed by atoms with Crippen molar-refractivity contribution in [1.29, 1.82) is 0 Å². The van der Waals surface area contributed by atoms with E-state index >= 15 is 0 Å². The van der Waals surface area contributed by atoms with E-state index in [2.05, 4.69) is 5.32 Å². The van der Waals surface area contributed by atoms with E-state index in [0.29, 0.717) is 29.4 Å². The van der Waals surface area contributed by atoms with E-state index < -0.39 is 18.2 Å². The topological polar surface area (TPSA) is 103 Å². The van der Waals surface area contributed by atoms with E-state index in [-0.39, 0.29) is 19.1 Å². The maximum atomic E-state index is 12.7. The molecule has 2 aromatic carbocycles. The first-order valence-electron chi connectivity index (χ1n) is 11.3. The molecule has 0 bridgehead atoms. The first-order valence-corrected chi connectivity index (χ1v) is 11.3. The SMILES string of the molecule is CCOC(=O)/C=C(C)/C=C/[C@@H](C)[C@@H](OC(=O)Nc1ccc(OC)cc1)c1ccc(OCCO)cc1. The lowest BCUT2D eigenvalue weighted by molar-refractivity contribution is -0.137. The van der Waals surface area contributed by atoms with Crippen LogP contribution in [-0.2, 0) is 14.3 Å². The predicted octanol–water partition coefficient (Wildman–Crippen LogP) is 5.06. The van der Waals surface area contributed by atoms with Crippen molar-refractivity contribution in [2.24, 2.45) is 5.92 Å². The fraction of sp³-hybridized carbons (Fsp3) is 0.333. The van der Waals surface area contributed by atoms with E-state index in [1.54, 1.807) is 63.4 Å². The van der Waals surface area contributed by atoms with Gasteiger partial charge in [-0.3, -0.25) is 5.32 Å². The van der Waals surface area contributed by atoms with Crippen LogP contribution in [0.25, 0.3) is 0 Å². The van der Waals surface area contributed by atoms with Gasteiger partial charge in [-0.15, -0.1) is 0 Å². The van der Waals surface area contributed by atoms with Gasteiger partial charge in [-0.2, -0.15) is 0 Å². The van der Waals surface area contributed by atoms with Crippen LogP contribution >= 0.6 is 0 Å². The molecular formula is C27H33NO7. The zero-order chi connectivity index (χ0) is 25.6. The van der Waals surface area contributed by atoms with Gasteiger partial charge in [0.1, 0.15) is 24.2 Å². The summed E-state index contributed by atoms with van der Waals surface area (Å²) in [4.78, 5) is 24.4. The lowest BCUT2D eigenvalue weighted by atomic mass is 9.96. The third kappa shape index (κ3) is 9.54. The number of anilines is 1. The molecule has 0 radical (unpaired) electrons. The minimum Gasteiger partial charge on any atom is -0.497 e. The lowest BCUT2D eigenvalue weighted by Crippen LogP contribution is -2.21. The lowest BCUT2D eigenvalue weighted by Gasteiger charge is -2.23. The van der Waals surface area contributed by atoms with E-state index in [4.69, 9.17) is 24.1 Å². The molecule has 0 aliphatic heterocycles. The summed E-state index contributed by atoms with van der Waals surface area (Å²) in [5, 5.41) is 11.7. The van der Waals surface area contributed by atoms with Gasteiger partial charge in [0.25, 0.3) is 0 Å². The van der Waals surface area contributed by atoms with Crippen LogP contribution in [0, 0.1) is 5.92 Å². The molecule has 35 heavy (non-hydrogen) atoms. The number of rotatable bonds is 12. The third-order valence-corrected chi connectivity index (χ3v) is 4.91. The Kier molecular flexibility index (Phi) is 11.4. The Bertz CT molecular complexity index is 997. The second-order valence-electron chi connectivity index (χ2n) is 7.68. The summed E-state index contributed by atoms with van der Waals surface area (Å²) in [7, 11) is 1.57. The van der Waals surface area contributed by atoms with Crippen molar-refractivity contribution in [3.63, 3.8) is 0 Å². The first kappa shape index (κ1) is 27.5. The minimum absolute atomic E-state index is 0.0838. The quantitative estimate of drug-likeness (QED) is 0.247. The molecule has 0 aromatic heterocycles. The molecule has 188 valence electrons. The van der Waals surface area contributed by atoms with Crippen molar-refractivity contribution >= 4 is 17.7 Å². The summed E-state index contributed by atoms with van der Waals surface area (Å²) in [5.74, 6) is 0.634. The van der Waals surface area contributed by atoms with Crippen LogP contribution in [0.1, 0.15) is 32.4 Å². The van der Waals surface area contributed by atoms with Gasteiger partial charge in [0.15, 0.2) is 0 Å². The van der Waals surface area contributed by atoms with Gasteiger partial charge in [-0.1, -0.05) is 31.2 Å².